The quantitative estimate of drug-likeness (QED) is 0.454. The molecule has 0 aromatic heterocycles. The van der Waals surface area contributed by atoms with E-state index in [4.69, 9.17) is 0 Å². The van der Waals surface area contributed by atoms with E-state index < -0.39 is 10.0 Å². The molecule has 3 aromatic rings. The van der Waals surface area contributed by atoms with Gasteiger partial charge in [0.1, 0.15) is 0 Å². The summed E-state index contributed by atoms with van der Waals surface area (Å²) in [6.45, 7) is 6.46. The molecule has 0 saturated carbocycles. The Labute approximate surface area is 208 Å². The summed E-state index contributed by atoms with van der Waals surface area (Å²) in [5, 5.41) is 0. The van der Waals surface area contributed by atoms with Crippen LogP contribution in [0.25, 0.3) is 0 Å². The van der Waals surface area contributed by atoms with E-state index in [1.165, 1.54) is 23.0 Å². The number of anilines is 1. The maximum Gasteiger partial charge on any atom is 0.264 e. The highest BCUT2D eigenvalue weighted by molar-refractivity contribution is 7.92. The molecular formula is C28H33N3O3S. The second-order valence-electron chi connectivity index (χ2n) is 8.95. The van der Waals surface area contributed by atoms with Crippen molar-refractivity contribution in [2.24, 2.45) is 0 Å². The van der Waals surface area contributed by atoms with Crippen LogP contribution in [0.1, 0.15) is 42.2 Å². The number of sulfonamides is 1. The van der Waals surface area contributed by atoms with Crippen molar-refractivity contribution in [2.75, 3.05) is 31.0 Å². The van der Waals surface area contributed by atoms with Gasteiger partial charge in [-0.15, -0.1) is 0 Å². The number of carbonyl (C=O) groups is 1. The summed E-state index contributed by atoms with van der Waals surface area (Å²) in [6, 6.07) is 26.1. The Morgan fingerprint density at radius 3 is 2.31 bits per heavy atom. The first-order valence-electron chi connectivity index (χ1n) is 12.1. The lowest BCUT2D eigenvalue weighted by Gasteiger charge is -2.30. The highest BCUT2D eigenvalue weighted by Crippen LogP contribution is 2.28. The fourth-order valence-corrected chi connectivity index (χ4v) is 6.02. The van der Waals surface area contributed by atoms with Crippen LogP contribution in [0.4, 0.5) is 5.69 Å². The number of benzene rings is 3. The molecule has 1 aliphatic rings. The topological polar surface area (TPSA) is 60.9 Å². The number of nitrogens with zero attached hydrogens (tertiary/aromatic N) is 3. The van der Waals surface area contributed by atoms with Gasteiger partial charge in [-0.3, -0.25) is 14.0 Å². The van der Waals surface area contributed by atoms with Crippen molar-refractivity contribution < 1.29 is 13.2 Å². The van der Waals surface area contributed by atoms with Crippen molar-refractivity contribution in [1.82, 2.24) is 9.80 Å². The molecule has 0 spiro atoms. The lowest BCUT2D eigenvalue weighted by molar-refractivity contribution is 0.0689. The van der Waals surface area contributed by atoms with Crippen molar-refractivity contribution in [3.8, 4) is 0 Å². The number of rotatable bonds is 8. The molecule has 184 valence electrons. The van der Waals surface area contributed by atoms with Gasteiger partial charge in [0.25, 0.3) is 15.9 Å². The summed E-state index contributed by atoms with van der Waals surface area (Å²) in [6.07, 6.45) is 0.894. The third-order valence-corrected chi connectivity index (χ3v) is 8.71. The highest BCUT2D eigenvalue weighted by Gasteiger charge is 2.33. The van der Waals surface area contributed by atoms with Crippen LogP contribution in [-0.4, -0.2) is 56.8 Å². The zero-order chi connectivity index (χ0) is 25.0. The number of carbonyl (C=O) groups excluding carboxylic acids is 1. The first-order valence-corrected chi connectivity index (χ1v) is 13.5. The van der Waals surface area contributed by atoms with Crippen LogP contribution in [0.15, 0.2) is 89.8 Å². The van der Waals surface area contributed by atoms with E-state index >= 15 is 0 Å². The Morgan fingerprint density at radius 1 is 1.00 bits per heavy atom. The maximum atomic E-state index is 13.5. The third kappa shape index (κ3) is 5.26. The molecule has 1 heterocycles. The van der Waals surface area contributed by atoms with Gasteiger partial charge in [-0.1, -0.05) is 54.6 Å². The normalized spacial score (nSPS) is 17.2. The Bertz CT molecular complexity index is 1250. The molecular weight excluding hydrogens is 458 g/mol. The average Bonchev–Trinajstić information content (AvgIpc) is 3.39. The molecule has 6 nitrogen and oxygen atoms in total. The van der Waals surface area contributed by atoms with Gasteiger partial charge in [-0.05, 0) is 56.2 Å². The molecule has 0 unspecified atom stereocenters. The van der Waals surface area contributed by atoms with E-state index in [1.807, 2.05) is 24.0 Å². The Hall–Kier alpha value is -3.16. The fourth-order valence-electron chi connectivity index (χ4n) is 4.77. The molecule has 35 heavy (non-hydrogen) atoms. The summed E-state index contributed by atoms with van der Waals surface area (Å²) in [7, 11) is -2.27. The maximum absolute atomic E-state index is 13.5. The van der Waals surface area contributed by atoms with Gasteiger partial charge in [0.2, 0.25) is 0 Å². The second kappa shape index (κ2) is 10.6. The van der Waals surface area contributed by atoms with Crippen LogP contribution in [-0.2, 0) is 10.0 Å². The van der Waals surface area contributed by atoms with Gasteiger partial charge in [-0.25, -0.2) is 8.42 Å². The first-order chi connectivity index (χ1) is 16.8. The van der Waals surface area contributed by atoms with Crippen LogP contribution >= 0.6 is 0 Å². The number of hydrogen-bond donors (Lipinski definition) is 0. The molecule has 4 rings (SSSR count). The summed E-state index contributed by atoms with van der Waals surface area (Å²) >= 11 is 0. The standard InChI is InChI=1S/C28H33N3O3S/c1-4-31(26-18-19-30(21-26)22(2)23-12-7-5-8-13-23)28(32)24-14-11-17-27(20-24)35(33,34)29(3)25-15-9-6-10-16-25/h5-17,20,22,26H,4,18-19,21H2,1-3H3/t22-,26+/m1/s1. The van der Waals surface area contributed by atoms with E-state index in [0.717, 1.165) is 19.5 Å². The largest absolute Gasteiger partial charge is 0.335 e. The lowest BCUT2D eigenvalue weighted by Crippen LogP contribution is -2.42. The predicted octanol–water partition coefficient (Wildman–Crippen LogP) is 4.81. The minimum atomic E-state index is -3.80. The fraction of sp³-hybridized carbons (Fsp3) is 0.321. The number of para-hydroxylation sites is 1. The van der Waals surface area contributed by atoms with Crippen molar-refractivity contribution in [3.05, 3.63) is 96.1 Å². The molecule has 0 bridgehead atoms. The Balaban J connectivity index is 1.51. The van der Waals surface area contributed by atoms with Crippen LogP contribution in [0.3, 0.4) is 0 Å². The van der Waals surface area contributed by atoms with Crippen LogP contribution in [0.5, 0.6) is 0 Å². The van der Waals surface area contributed by atoms with Crippen molar-refractivity contribution in [1.29, 1.82) is 0 Å². The molecule has 7 heteroatoms. The summed E-state index contributed by atoms with van der Waals surface area (Å²) in [5.41, 5.74) is 2.23. The lowest BCUT2D eigenvalue weighted by atomic mass is 10.1. The van der Waals surface area contributed by atoms with Gasteiger partial charge in [0.05, 0.1) is 10.6 Å². The second-order valence-corrected chi connectivity index (χ2v) is 10.9. The summed E-state index contributed by atoms with van der Waals surface area (Å²) in [5.74, 6) is -0.133. The average molecular weight is 492 g/mol. The van der Waals surface area contributed by atoms with Gasteiger partial charge < -0.3 is 4.90 Å². The van der Waals surface area contributed by atoms with Gasteiger partial charge in [0.15, 0.2) is 0 Å². The van der Waals surface area contributed by atoms with Crippen LogP contribution in [0, 0.1) is 0 Å². The molecule has 3 aromatic carbocycles. The Morgan fingerprint density at radius 2 is 1.66 bits per heavy atom. The van der Waals surface area contributed by atoms with Gasteiger partial charge in [-0.2, -0.15) is 0 Å². The molecule has 0 aliphatic carbocycles. The van der Waals surface area contributed by atoms with E-state index in [0.29, 0.717) is 17.8 Å². The Kier molecular flexibility index (Phi) is 7.57. The van der Waals surface area contributed by atoms with Crippen LogP contribution < -0.4 is 4.31 Å². The number of hydrogen-bond acceptors (Lipinski definition) is 4. The minimum absolute atomic E-state index is 0.0888. The van der Waals surface area contributed by atoms with Crippen molar-refractivity contribution >= 4 is 21.6 Å². The van der Waals surface area contributed by atoms with Crippen LogP contribution in [0.2, 0.25) is 0 Å². The number of likely N-dealkylation sites (N-methyl/N-ethyl adjacent to an activating group) is 1. The molecule has 0 radical (unpaired) electrons. The zero-order valence-electron chi connectivity index (χ0n) is 20.5. The molecule has 0 N–H and O–H groups in total. The van der Waals surface area contributed by atoms with E-state index in [-0.39, 0.29) is 22.9 Å². The number of amides is 1. The SMILES string of the molecule is CCN(C(=O)c1cccc(S(=O)(=O)N(C)c2ccccc2)c1)[C@H]1CCN([C@H](C)c2ccccc2)C1. The smallest absolute Gasteiger partial charge is 0.264 e. The molecule has 1 amide bonds. The first kappa shape index (κ1) is 24.9. The van der Waals surface area contributed by atoms with Crippen molar-refractivity contribution in [2.45, 2.75) is 37.2 Å². The van der Waals surface area contributed by atoms with Gasteiger partial charge in [0, 0.05) is 44.3 Å². The summed E-state index contributed by atoms with van der Waals surface area (Å²) < 4.78 is 27.7. The molecule has 1 aliphatic heterocycles. The molecule has 1 saturated heterocycles. The van der Waals surface area contributed by atoms with E-state index in [1.54, 1.807) is 42.5 Å². The van der Waals surface area contributed by atoms with Gasteiger partial charge >= 0.3 is 0 Å². The predicted molar refractivity (Wildman–Crippen MR) is 140 cm³/mol. The monoisotopic (exact) mass is 491 g/mol. The third-order valence-electron chi connectivity index (χ3n) is 6.93. The van der Waals surface area contributed by atoms with E-state index in [2.05, 4.69) is 36.1 Å². The minimum Gasteiger partial charge on any atom is -0.335 e. The highest BCUT2D eigenvalue weighted by atomic mass is 32.2. The number of likely N-dealkylation sites (tertiary alicyclic amines) is 1. The molecule has 1 fully saturated rings. The zero-order valence-corrected chi connectivity index (χ0v) is 21.4. The van der Waals surface area contributed by atoms with E-state index in [9.17, 15) is 13.2 Å². The molecule has 2 atom stereocenters. The summed E-state index contributed by atoms with van der Waals surface area (Å²) in [4.78, 5) is 17.9. The van der Waals surface area contributed by atoms with Crippen molar-refractivity contribution in [3.63, 3.8) is 0 Å².